The van der Waals surface area contributed by atoms with Crippen molar-refractivity contribution in [1.82, 2.24) is 10.2 Å². The van der Waals surface area contributed by atoms with Crippen LogP contribution < -0.4 is 10.1 Å². The lowest BCUT2D eigenvalue weighted by Gasteiger charge is -2.16. The minimum atomic E-state index is -0.916. The van der Waals surface area contributed by atoms with Crippen molar-refractivity contribution in [3.05, 3.63) is 29.3 Å². The quantitative estimate of drug-likeness (QED) is 0.606. The smallest absolute Gasteiger partial charge is 0.317 e. The minimum absolute atomic E-state index is 0.0375. The fraction of sp³-hybridized carbons (Fsp3) is 0.429. The highest BCUT2D eigenvalue weighted by atomic mass is 16.5. The lowest BCUT2D eigenvalue weighted by atomic mass is 10.1. The molecule has 0 unspecified atom stereocenters. The van der Waals surface area contributed by atoms with Gasteiger partial charge in [-0.25, -0.2) is 0 Å². The molecule has 0 radical (unpaired) electrons. The molecule has 1 aromatic rings. The molecule has 0 heterocycles. The number of nitrogens with one attached hydrogen (secondary N) is 1. The van der Waals surface area contributed by atoms with Gasteiger partial charge in [0.1, 0.15) is 5.75 Å². The Morgan fingerprint density at radius 1 is 1.29 bits per heavy atom. The van der Waals surface area contributed by atoms with Crippen LogP contribution in [0, 0.1) is 0 Å². The normalized spacial score (nSPS) is 10.6. The first kappa shape index (κ1) is 16.9. The van der Waals surface area contributed by atoms with Gasteiger partial charge in [0.2, 0.25) is 0 Å². The Kier molecular flexibility index (Phi) is 6.64. The van der Waals surface area contributed by atoms with E-state index in [1.165, 1.54) is 0 Å². The van der Waals surface area contributed by atoms with Gasteiger partial charge in [-0.3, -0.25) is 14.5 Å². The number of hydrogen-bond acceptors (Lipinski definition) is 5. The van der Waals surface area contributed by atoms with Gasteiger partial charge in [-0.2, -0.15) is 0 Å². The van der Waals surface area contributed by atoms with Crippen LogP contribution in [0.2, 0.25) is 0 Å². The monoisotopic (exact) mass is 296 g/mol. The fourth-order valence-electron chi connectivity index (χ4n) is 1.94. The van der Waals surface area contributed by atoms with Crippen LogP contribution in [0.4, 0.5) is 0 Å². The molecule has 0 bridgehead atoms. The van der Waals surface area contributed by atoms with Crippen LogP contribution in [0.5, 0.6) is 5.75 Å². The summed E-state index contributed by atoms with van der Waals surface area (Å²) in [7, 11) is 3.27. The molecule has 1 aromatic carbocycles. The molecule has 1 rings (SSSR count). The molecule has 0 aliphatic carbocycles. The maximum absolute atomic E-state index is 10.6. The molecule has 0 saturated carbocycles. The zero-order chi connectivity index (χ0) is 15.8. The number of hydrogen-bond donors (Lipinski definition) is 3. The van der Waals surface area contributed by atoms with Crippen LogP contribution in [0.1, 0.15) is 11.1 Å². The average molecular weight is 296 g/mol. The van der Waals surface area contributed by atoms with Gasteiger partial charge in [-0.05, 0) is 18.7 Å². The van der Waals surface area contributed by atoms with Crippen molar-refractivity contribution >= 4 is 11.9 Å². The zero-order valence-electron chi connectivity index (χ0n) is 12.1. The Morgan fingerprint density at radius 3 is 2.57 bits per heavy atom. The van der Waals surface area contributed by atoms with Crippen molar-refractivity contribution in [2.24, 2.45) is 0 Å². The number of methoxy groups -OCH3 is 1. The Hall–Kier alpha value is -2.12. The molecule has 21 heavy (non-hydrogen) atoms. The zero-order valence-corrected chi connectivity index (χ0v) is 12.1. The van der Waals surface area contributed by atoms with Crippen molar-refractivity contribution in [2.75, 3.05) is 27.2 Å². The van der Waals surface area contributed by atoms with E-state index in [2.05, 4.69) is 5.32 Å². The van der Waals surface area contributed by atoms with E-state index in [9.17, 15) is 9.59 Å². The summed E-state index contributed by atoms with van der Waals surface area (Å²) in [5, 5.41) is 20.1. The molecule has 7 heteroatoms. The lowest BCUT2D eigenvalue weighted by Crippen LogP contribution is -2.25. The molecular weight excluding hydrogens is 276 g/mol. The number of carboxylic acid groups (broad SMARTS) is 2. The van der Waals surface area contributed by atoms with Gasteiger partial charge < -0.3 is 20.3 Å². The second-order valence-electron chi connectivity index (χ2n) is 4.71. The third-order valence-corrected chi connectivity index (χ3v) is 2.80. The molecule has 0 amide bonds. The Morgan fingerprint density at radius 2 is 2.00 bits per heavy atom. The number of benzene rings is 1. The number of likely N-dealkylation sites (N-methyl/N-ethyl adjacent to an activating group) is 1. The SMILES string of the molecule is COc1cc(CN(C)CC(=O)O)ccc1CNCC(=O)O. The standard InChI is InChI=1S/C14H20N2O5/c1-16(9-14(19)20)8-10-3-4-11(12(5-10)21-2)6-15-7-13(17)18/h3-5,15H,6-9H2,1-2H3,(H,17,18)(H,19,20). The molecular formula is C14H20N2O5. The van der Waals surface area contributed by atoms with E-state index in [-0.39, 0.29) is 13.1 Å². The number of rotatable bonds is 9. The molecule has 0 spiro atoms. The van der Waals surface area contributed by atoms with Crippen LogP contribution in [0.15, 0.2) is 18.2 Å². The molecule has 0 atom stereocenters. The summed E-state index contributed by atoms with van der Waals surface area (Å²) in [4.78, 5) is 22.8. The highest BCUT2D eigenvalue weighted by Crippen LogP contribution is 2.20. The predicted octanol–water partition coefficient (Wildman–Crippen LogP) is 0.386. The van der Waals surface area contributed by atoms with Gasteiger partial charge in [-0.1, -0.05) is 12.1 Å². The van der Waals surface area contributed by atoms with Crippen LogP contribution in [-0.2, 0) is 22.7 Å². The Labute approximate surface area is 123 Å². The molecule has 116 valence electrons. The van der Waals surface area contributed by atoms with Gasteiger partial charge in [-0.15, -0.1) is 0 Å². The predicted molar refractivity (Wildman–Crippen MR) is 76.3 cm³/mol. The first-order valence-corrected chi connectivity index (χ1v) is 6.41. The maximum Gasteiger partial charge on any atom is 0.317 e. The third kappa shape index (κ3) is 6.24. The summed E-state index contributed by atoms with van der Waals surface area (Å²) >= 11 is 0. The Bertz CT molecular complexity index is 504. The number of carbonyl (C=O) groups is 2. The lowest BCUT2D eigenvalue weighted by molar-refractivity contribution is -0.138. The van der Waals surface area contributed by atoms with Crippen LogP contribution in [-0.4, -0.2) is 54.3 Å². The maximum atomic E-state index is 10.6. The summed E-state index contributed by atoms with van der Waals surface area (Å²) < 4.78 is 5.28. The molecule has 3 N–H and O–H groups in total. The van der Waals surface area contributed by atoms with Crippen molar-refractivity contribution in [2.45, 2.75) is 13.1 Å². The first-order chi connectivity index (χ1) is 9.92. The second kappa shape index (κ2) is 8.23. The topological polar surface area (TPSA) is 99.1 Å². The summed E-state index contributed by atoms with van der Waals surface area (Å²) in [6.45, 7) is 0.725. The molecule has 0 aromatic heterocycles. The molecule has 0 aliphatic rings. The summed E-state index contributed by atoms with van der Waals surface area (Å²) in [6.07, 6.45) is 0. The molecule has 0 fully saturated rings. The van der Waals surface area contributed by atoms with Crippen molar-refractivity contribution in [3.63, 3.8) is 0 Å². The number of nitrogens with zero attached hydrogens (tertiary/aromatic N) is 1. The van der Waals surface area contributed by atoms with E-state index in [1.807, 2.05) is 18.2 Å². The van der Waals surface area contributed by atoms with Crippen molar-refractivity contribution in [1.29, 1.82) is 0 Å². The van der Waals surface area contributed by atoms with Gasteiger partial charge >= 0.3 is 11.9 Å². The molecule has 7 nitrogen and oxygen atoms in total. The minimum Gasteiger partial charge on any atom is -0.496 e. The van der Waals surface area contributed by atoms with Gasteiger partial charge in [0.25, 0.3) is 0 Å². The summed E-state index contributed by atoms with van der Waals surface area (Å²) in [5.74, 6) is -1.14. The number of ether oxygens (including phenoxy) is 1. The highest BCUT2D eigenvalue weighted by molar-refractivity contribution is 5.69. The van der Waals surface area contributed by atoms with Gasteiger partial charge in [0.15, 0.2) is 0 Å². The number of carboxylic acids is 2. The van der Waals surface area contributed by atoms with E-state index in [1.54, 1.807) is 19.1 Å². The van der Waals surface area contributed by atoms with Crippen LogP contribution >= 0.6 is 0 Å². The van der Waals surface area contributed by atoms with E-state index < -0.39 is 11.9 Å². The largest absolute Gasteiger partial charge is 0.496 e. The second-order valence-corrected chi connectivity index (χ2v) is 4.71. The highest BCUT2D eigenvalue weighted by Gasteiger charge is 2.09. The fourth-order valence-corrected chi connectivity index (χ4v) is 1.94. The summed E-state index contributed by atoms with van der Waals surface area (Å²) in [6, 6.07) is 5.55. The van der Waals surface area contributed by atoms with E-state index >= 15 is 0 Å². The van der Waals surface area contributed by atoms with E-state index in [0.29, 0.717) is 18.8 Å². The van der Waals surface area contributed by atoms with Crippen molar-refractivity contribution < 1.29 is 24.5 Å². The van der Waals surface area contributed by atoms with Crippen LogP contribution in [0.3, 0.4) is 0 Å². The number of aliphatic carboxylic acids is 2. The van der Waals surface area contributed by atoms with E-state index in [0.717, 1.165) is 11.1 Å². The van der Waals surface area contributed by atoms with Gasteiger partial charge in [0, 0.05) is 18.7 Å². The summed E-state index contributed by atoms with van der Waals surface area (Å²) in [5.41, 5.74) is 1.78. The molecule has 0 saturated heterocycles. The van der Waals surface area contributed by atoms with Gasteiger partial charge in [0.05, 0.1) is 20.2 Å². The van der Waals surface area contributed by atoms with E-state index in [4.69, 9.17) is 14.9 Å². The van der Waals surface area contributed by atoms with Crippen molar-refractivity contribution in [3.8, 4) is 5.75 Å². The third-order valence-electron chi connectivity index (χ3n) is 2.80. The average Bonchev–Trinajstić information content (AvgIpc) is 2.38. The van der Waals surface area contributed by atoms with Crippen LogP contribution in [0.25, 0.3) is 0 Å². The Balaban J connectivity index is 2.69. The first-order valence-electron chi connectivity index (χ1n) is 6.41. The molecule has 0 aliphatic heterocycles.